The van der Waals surface area contributed by atoms with E-state index in [0.717, 1.165) is 36.4 Å². The fourth-order valence-corrected chi connectivity index (χ4v) is 1.90. The highest BCUT2D eigenvalue weighted by atomic mass is 35.5. The van der Waals surface area contributed by atoms with Crippen LogP contribution in [0, 0.1) is 0 Å². The molecule has 0 aliphatic carbocycles. The van der Waals surface area contributed by atoms with Gasteiger partial charge < -0.3 is 4.74 Å². The number of benzene rings is 1. The highest BCUT2D eigenvalue weighted by Gasteiger charge is 2.08. The maximum absolute atomic E-state index is 6.00. The Hall–Kier alpha value is -1.55. The van der Waals surface area contributed by atoms with Crippen LogP contribution in [0.15, 0.2) is 24.4 Å². The predicted octanol–water partition coefficient (Wildman–Crippen LogP) is 3.27. The SMILES string of the molecule is CCCCc1cn(-c2cc(Cl)ccc2OC)nn1. The Labute approximate surface area is 112 Å². The molecule has 0 saturated heterocycles. The molecule has 0 unspecified atom stereocenters. The molecule has 5 heteroatoms. The lowest BCUT2D eigenvalue weighted by molar-refractivity contribution is 0.411. The summed E-state index contributed by atoms with van der Waals surface area (Å²) in [6.45, 7) is 2.16. The first kappa shape index (κ1) is 12.9. The van der Waals surface area contributed by atoms with Crippen LogP contribution in [-0.2, 0) is 6.42 Å². The zero-order valence-electron chi connectivity index (χ0n) is 10.6. The number of aromatic nitrogens is 3. The van der Waals surface area contributed by atoms with E-state index in [4.69, 9.17) is 16.3 Å². The summed E-state index contributed by atoms with van der Waals surface area (Å²) in [6.07, 6.45) is 5.13. The maximum atomic E-state index is 6.00. The van der Waals surface area contributed by atoms with Crippen molar-refractivity contribution in [2.45, 2.75) is 26.2 Å². The number of ether oxygens (including phenoxy) is 1. The molecular weight excluding hydrogens is 250 g/mol. The molecule has 18 heavy (non-hydrogen) atoms. The average molecular weight is 266 g/mol. The minimum atomic E-state index is 0.649. The van der Waals surface area contributed by atoms with Gasteiger partial charge in [0.05, 0.1) is 19.0 Å². The monoisotopic (exact) mass is 265 g/mol. The quantitative estimate of drug-likeness (QED) is 0.833. The summed E-state index contributed by atoms with van der Waals surface area (Å²) in [5.74, 6) is 0.728. The zero-order chi connectivity index (χ0) is 13.0. The van der Waals surface area contributed by atoms with Gasteiger partial charge in [0.25, 0.3) is 0 Å². The van der Waals surface area contributed by atoms with Crippen LogP contribution < -0.4 is 4.74 Å². The number of rotatable bonds is 5. The largest absolute Gasteiger partial charge is 0.494 e. The Kier molecular flexibility index (Phi) is 4.20. The lowest BCUT2D eigenvalue weighted by atomic mass is 10.2. The third-order valence-corrected chi connectivity index (χ3v) is 2.95. The smallest absolute Gasteiger partial charge is 0.144 e. The second-order valence-electron chi connectivity index (χ2n) is 4.07. The molecule has 0 aliphatic heterocycles. The Bertz CT molecular complexity index is 525. The van der Waals surface area contributed by atoms with Gasteiger partial charge in [-0.15, -0.1) is 5.10 Å². The summed E-state index contributed by atoms with van der Waals surface area (Å²) in [5.41, 5.74) is 1.79. The van der Waals surface area contributed by atoms with Crippen molar-refractivity contribution in [2.24, 2.45) is 0 Å². The molecule has 2 rings (SSSR count). The van der Waals surface area contributed by atoms with Gasteiger partial charge in [-0.1, -0.05) is 30.2 Å². The Balaban J connectivity index is 2.30. The van der Waals surface area contributed by atoms with Crippen LogP contribution in [0.4, 0.5) is 0 Å². The van der Waals surface area contributed by atoms with Crippen molar-refractivity contribution in [1.82, 2.24) is 15.0 Å². The number of halogens is 1. The molecule has 0 bridgehead atoms. The molecule has 0 saturated carbocycles. The van der Waals surface area contributed by atoms with Crippen LogP contribution in [0.1, 0.15) is 25.5 Å². The second-order valence-corrected chi connectivity index (χ2v) is 4.51. The lowest BCUT2D eigenvalue weighted by Crippen LogP contribution is -1.98. The molecule has 2 aromatic rings. The number of methoxy groups -OCH3 is 1. The van der Waals surface area contributed by atoms with E-state index in [-0.39, 0.29) is 0 Å². The van der Waals surface area contributed by atoms with E-state index in [1.807, 2.05) is 18.3 Å². The summed E-state index contributed by atoms with van der Waals surface area (Å²) >= 11 is 6.00. The first-order valence-electron chi connectivity index (χ1n) is 5.99. The Morgan fingerprint density at radius 2 is 2.22 bits per heavy atom. The van der Waals surface area contributed by atoms with Crippen LogP contribution in [-0.4, -0.2) is 22.1 Å². The Morgan fingerprint density at radius 1 is 1.39 bits per heavy atom. The molecule has 0 aliphatic rings. The molecule has 0 fully saturated rings. The van der Waals surface area contributed by atoms with E-state index < -0.39 is 0 Å². The fourth-order valence-electron chi connectivity index (χ4n) is 1.73. The van der Waals surface area contributed by atoms with Crippen molar-refractivity contribution in [1.29, 1.82) is 0 Å². The Morgan fingerprint density at radius 3 is 2.94 bits per heavy atom. The van der Waals surface area contributed by atoms with Crippen molar-refractivity contribution in [3.63, 3.8) is 0 Å². The van der Waals surface area contributed by atoms with Crippen molar-refractivity contribution >= 4 is 11.6 Å². The molecule has 4 nitrogen and oxygen atoms in total. The summed E-state index contributed by atoms with van der Waals surface area (Å²) in [6, 6.07) is 5.43. The molecule has 1 aromatic carbocycles. The molecule has 0 spiro atoms. The van der Waals surface area contributed by atoms with E-state index >= 15 is 0 Å². The van der Waals surface area contributed by atoms with Gasteiger partial charge in [0, 0.05) is 5.02 Å². The van der Waals surface area contributed by atoms with E-state index in [9.17, 15) is 0 Å². The van der Waals surface area contributed by atoms with Crippen LogP contribution in [0.2, 0.25) is 5.02 Å². The first-order valence-corrected chi connectivity index (χ1v) is 6.37. The molecule has 0 atom stereocenters. The van der Waals surface area contributed by atoms with Gasteiger partial charge in [0.15, 0.2) is 0 Å². The van der Waals surface area contributed by atoms with Gasteiger partial charge in [-0.05, 0) is 31.0 Å². The normalized spacial score (nSPS) is 10.6. The van der Waals surface area contributed by atoms with Gasteiger partial charge in [-0.25, -0.2) is 4.68 Å². The second kappa shape index (κ2) is 5.87. The topological polar surface area (TPSA) is 39.9 Å². The highest BCUT2D eigenvalue weighted by Crippen LogP contribution is 2.25. The molecule has 1 aromatic heterocycles. The third kappa shape index (κ3) is 2.82. The number of hydrogen-bond donors (Lipinski definition) is 0. The fraction of sp³-hybridized carbons (Fsp3) is 0.385. The van der Waals surface area contributed by atoms with E-state index in [1.165, 1.54) is 0 Å². The highest BCUT2D eigenvalue weighted by molar-refractivity contribution is 6.30. The van der Waals surface area contributed by atoms with Gasteiger partial charge >= 0.3 is 0 Å². The zero-order valence-corrected chi connectivity index (χ0v) is 11.3. The lowest BCUT2D eigenvalue weighted by Gasteiger charge is -2.07. The van der Waals surface area contributed by atoms with Gasteiger partial charge in [-0.2, -0.15) is 0 Å². The van der Waals surface area contributed by atoms with E-state index in [2.05, 4.69) is 17.2 Å². The minimum Gasteiger partial charge on any atom is -0.494 e. The van der Waals surface area contributed by atoms with Gasteiger partial charge in [-0.3, -0.25) is 0 Å². The van der Waals surface area contributed by atoms with Crippen molar-refractivity contribution < 1.29 is 4.74 Å². The van der Waals surface area contributed by atoms with E-state index in [1.54, 1.807) is 17.9 Å². The van der Waals surface area contributed by atoms with Crippen LogP contribution in [0.25, 0.3) is 5.69 Å². The van der Waals surface area contributed by atoms with Crippen molar-refractivity contribution in [2.75, 3.05) is 7.11 Å². The summed E-state index contributed by atoms with van der Waals surface area (Å²) in [5, 5.41) is 8.92. The van der Waals surface area contributed by atoms with E-state index in [0.29, 0.717) is 5.02 Å². The molecule has 96 valence electrons. The van der Waals surface area contributed by atoms with Gasteiger partial charge in [0.1, 0.15) is 11.4 Å². The standard InChI is InChI=1S/C13H16ClN3O/c1-3-4-5-11-9-17(16-15-11)12-8-10(14)6-7-13(12)18-2/h6-9H,3-5H2,1-2H3. The summed E-state index contributed by atoms with van der Waals surface area (Å²) in [4.78, 5) is 0. The summed E-state index contributed by atoms with van der Waals surface area (Å²) in [7, 11) is 1.63. The number of aryl methyl sites for hydroxylation is 1. The number of hydrogen-bond acceptors (Lipinski definition) is 3. The molecule has 0 amide bonds. The summed E-state index contributed by atoms with van der Waals surface area (Å²) < 4.78 is 7.00. The first-order chi connectivity index (χ1) is 8.74. The third-order valence-electron chi connectivity index (χ3n) is 2.72. The molecular formula is C13H16ClN3O. The van der Waals surface area contributed by atoms with Gasteiger partial charge in [0.2, 0.25) is 0 Å². The van der Waals surface area contributed by atoms with Crippen LogP contribution in [0.5, 0.6) is 5.75 Å². The number of nitrogens with zero attached hydrogens (tertiary/aromatic N) is 3. The predicted molar refractivity (Wildman–Crippen MR) is 71.5 cm³/mol. The van der Waals surface area contributed by atoms with Crippen LogP contribution in [0.3, 0.4) is 0 Å². The van der Waals surface area contributed by atoms with Crippen molar-refractivity contribution in [3.8, 4) is 11.4 Å². The average Bonchev–Trinajstić information content (AvgIpc) is 2.85. The molecule has 0 N–H and O–H groups in total. The van der Waals surface area contributed by atoms with Crippen LogP contribution >= 0.6 is 11.6 Å². The molecule has 1 heterocycles. The molecule has 0 radical (unpaired) electrons. The minimum absolute atomic E-state index is 0.649. The van der Waals surface area contributed by atoms with Crippen molar-refractivity contribution in [3.05, 3.63) is 35.1 Å². The maximum Gasteiger partial charge on any atom is 0.144 e. The number of unbranched alkanes of at least 4 members (excludes halogenated alkanes) is 1.